The Morgan fingerprint density at radius 1 is 1.38 bits per heavy atom. The van der Waals surface area contributed by atoms with Crippen LogP contribution < -0.4 is 10.1 Å². The first kappa shape index (κ1) is 16.8. The first-order chi connectivity index (χ1) is 10.0. The SMILES string of the molecule is COc1ccc(C(C)NCC2CCN(C(C)C)C2)cc1Br. The Morgan fingerprint density at radius 3 is 2.71 bits per heavy atom. The van der Waals surface area contributed by atoms with Gasteiger partial charge in [0.15, 0.2) is 0 Å². The van der Waals surface area contributed by atoms with Crippen LogP contribution in [0.5, 0.6) is 5.75 Å². The van der Waals surface area contributed by atoms with Gasteiger partial charge in [0.2, 0.25) is 0 Å². The molecule has 118 valence electrons. The van der Waals surface area contributed by atoms with Crippen LogP contribution in [-0.2, 0) is 0 Å². The highest BCUT2D eigenvalue weighted by Crippen LogP contribution is 2.28. The predicted molar refractivity (Wildman–Crippen MR) is 91.9 cm³/mol. The van der Waals surface area contributed by atoms with Gasteiger partial charge in [0.25, 0.3) is 0 Å². The summed E-state index contributed by atoms with van der Waals surface area (Å²) < 4.78 is 6.30. The van der Waals surface area contributed by atoms with E-state index >= 15 is 0 Å². The predicted octanol–water partition coefficient (Wildman–Crippen LogP) is 3.84. The number of methoxy groups -OCH3 is 1. The first-order valence-corrected chi connectivity index (χ1v) is 8.61. The minimum Gasteiger partial charge on any atom is -0.496 e. The van der Waals surface area contributed by atoms with Crippen LogP contribution in [0.3, 0.4) is 0 Å². The van der Waals surface area contributed by atoms with E-state index in [-0.39, 0.29) is 0 Å². The highest BCUT2D eigenvalue weighted by molar-refractivity contribution is 9.10. The van der Waals surface area contributed by atoms with Gasteiger partial charge in [-0.2, -0.15) is 0 Å². The smallest absolute Gasteiger partial charge is 0.133 e. The molecule has 0 radical (unpaired) electrons. The molecule has 1 aromatic rings. The van der Waals surface area contributed by atoms with Crippen molar-refractivity contribution in [3.05, 3.63) is 28.2 Å². The lowest BCUT2D eigenvalue weighted by Gasteiger charge is -2.21. The fourth-order valence-electron chi connectivity index (χ4n) is 2.91. The van der Waals surface area contributed by atoms with Crippen LogP contribution in [0, 0.1) is 5.92 Å². The molecule has 1 heterocycles. The molecule has 1 fully saturated rings. The van der Waals surface area contributed by atoms with E-state index in [0.29, 0.717) is 12.1 Å². The van der Waals surface area contributed by atoms with Crippen molar-refractivity contribution in [1.29, 1.82) is 0 Å². The molecule has 2 atom stereocenters. The van der Waals surface area contributed by atoms with Gasteiger partial charge in [-0.3, -0.25) is 0 Å². The van der Waals surface area contributed by atoms with Gasteiger partial charge >= 0.3 is 0 Å². The molecule has 0 aliphatic carbocycles. The van der Waals surface area contributed by atoms with Crippen LogP contribution in [0.1, 0.15) is 38.8 Å². The molecule has 1 aliphatic rings. The molecule has 21 heavy (non-hydrogen) atoms. The largest absolute Gasteiger partial charge is 0.496 e. The van der Waals surface area contributed by atoms with Crippen molar-refractivity contribution >= 4 is 15.9 Å². The van der Waals surface area contributed by atoms with E-state index in [1.165, 1.54) is 25.1 Å². The molecule has 1 N–H and O–H groups in total. The highest BCUT2D eigenvalue weighted by Gasteiger charge is 2.24. The van der Waals surface area contributed by atoms with E-state index in [0.717, 1.165) is 22.7 Å². The number of hydrogen-bond acceptors (Lipinski definition) is 3. The molecule has 1 aliphatic heterocycles. The molecule has 0 saturated carbocycles. The van der Waals surface area contributed by atoms with Gasteiger partial charge < -0.3 is 15.0 Å². The van der Waals surface area contributed by atoms with E-state index < -0.39 is 0 Å². The third kappa shape index (κ3) is 4.44. The summed E-state index contributed by atoms with van der Waals surface area (Å²) >= 11 is 3.56. The molecule has 0 amide bonds. The molecule has 1 saturated heterocycles. The molecule has 1 aromatic carbocycles. The number of nitrogens with zero attached hydrogens (tertiary/aromatic N) is 1. The molecule has 2 unspecified atom stereocenters. The number of hydrogen-bond donors (Lipinski definition) is 1. The normalized spacial score (nSPS) is 21.0. The van der Waals surface area contributed by atoms with Crippen molar-refractivity contribution in [3.8, 4) is 5.75 Å². The van der Waals surface area contributed by atoms with E-state index in [1.807, 2.05) is 6.07 Å². The summed E-state index contributed by atoms with van der Waals surface area (Å²) in [4.78, 5) is 2.57. The second-order valence-electron chi connectivity index (χ2n) is 6.27. The minimum atomic E-state index is 0.361. The summed E-state index contributed by atoms with van der Waals surface area (Å²) in [5, 5.41) is 3.68. The third-order valence-corrected chi connectivity index (χ3v) is 5.06. The van der Waals surface area contributed by atoms with E-state index in [2.05, 4.69) is 59.1 Å². The summed E-state index contributed by atoms with van der Waals surface area (Å²) in [6.45, 7) is 10.4. The number of ether oxygens (including phenoxy) is 1. The summed E-state index contributed by atoms with van der Waals surface area (Å²) in [5.74, 6) is 1.66. The van der Waals surface area contributed by atoms with Crippen molar-refractivity contribution in [2.45, 2.75) is 39.3 Å². The Balaban J connectivity index is 1.85. The van der Waals surface area contributed by atoms with Crippen molar-refractivity contribution in [2.24, 2.45) is 5.92 Å². The van der Waals surface area contributed by atoms with Crippen LogP contribution >= 0.6 is 15.9 Å². The number of rotatable bonds is 6. The lowest BCUT2D eigenvalue weighted by molar-refractivity contribution is 0.263. The van der Waals surface area contributed by atoms with Gasteiger partial charge in [-0.25, -0.2) is 0 Å². The zero-order valence-electron chi connectivity index (χ0n) is 13.5. The van der Waals surface area contributed by atoms with Gasteiger partial charge in [-0.15, -0.1) is 0 Å². The quantitative estimate of drug-likeness (QED) is 0.839. The van der Waals surface area contributed by atoms with Gasteiger partial charge in [0.05, 0.1) is 11.6 Å². The zero-order chi connectivity index (χ0) is 15.4. The van der Waals surface area contributed by atoms with Crippen molar-refractivity contribution in [3.63, 3.8) is 0 Å². The van der Waals surface area contributed by atoms with Gasteiger partial charge in [0, 0.05) is 18.6 Å². The Bertz CT molecular complexity index is 464. The minimum absolute atomic E-state index is 0.361. The van der Waals surface area contributed by atoms with Crippen molar-refractivity contribution in [2.75, 3.05) is 26.7 Å². The standard InChI is InChI=1S/C17H27BrN2O/c1-12(2)20-8-7-14(11-20)10-19-13(3)15-5-6-17(21-4)16(18)9-15/h5-6,9,12-14,19H,7-8,10-11H2,1-4H3. The van der Waals surface area contributed by atoms with Crippen LogP contribution in [0.2, 0.25) is 0 Å². The van der Waals surface area contributed by atoms with Gasteiger partial charge in [-0.1, -0.05) is 6.07 Å². The maximum Gasteiger partial charge on any atom is 0.133 e. The van der Waals surface area contributed by atoms with Crippen LogP contribution in [0.15, 0.2) is 22.7 Å². The second kappa shape index (κ2) is 7.61. The molecule has 3 nitrogen and oxygen atoms in total. The number of likely N-dealkylation sites (tertiary alicyclic amines) is 1. The fourth-order valence-corrected chi connectivity index (χ4v) is 3.47. The summed E-state index contributed by atoms with van der Waals surface area (Å²) in [6.07, 6.45) is 1.31. The zero-order valence-corrected chi connectivity index (χ0v) is 15.1. The van der Waals surface area contributed by atoms with Crippen LogP contribution in [-0.4, -0.2) is 37.7 Å². The lowest BCUT2D eigenvalue weighted by atomic mass is 10.1. The lowest BCUT2D eigenvalue weighted by Crippen LogP contribution is -2.31. The maximum atomic E-state index is 5.28. The Kier molecular flexibility index (Phi) is 6.08. The van der Waals surface area contributed by atoms with E-state index in [1.54, 1.807) is 7.11 Å². The Hall–Kier alpha value is -0.580. The monoisotopic (exact) mass is 354 g/mol. The van der Waals surface area contributed by atoms with Crippen molar-refractivity contribution < 1.29 is 4.74 Å². The molecule has 4 heteroatoms. The summed E-state index contributed by atoms with van der Waals surface area (Å²) in [5.41, 5.74) is 1.29. The number of benzene rings is 1. The molecule has 0 spiro atoms. The van der Waals surface area contributed by atoms with Crippen molar-refractivity contribution in [1.82, 2.24) is 10.2 Å². The fraction of sp³-hybridized carbons (Fsp3) is 0.647. The molecule has 2 rings (SSSR count). The summed E-state index contributed by atoms with van der Waals surface area (Å²) in [6, 6.07) is 7.33. The average Bonchev–Trinajstić information content (AvgIpc) is 2.93. The topological polar surface area (TPSA) is 24.5 Å². The van der Waals surface area contributed by atoms with Gasteiger partial charge in [-0.05, 0) is 79.8 Å². The van der Waals surface area contributed by atoms with Crippen LogP contribution in [0.4, 0.5) is 0 Å². The molecular weight excluding hydrogens is 328 g/mol. The summed E-state index contributed by atoms with van der Waals surface area (Å²) in [7, 11) is 1.70. The highest BCUT2D eigenvalue weighted by atomic mass is 79.9. The Labute approximate surface area is 137 Å². The Morgan fingerprint density at radius 2 is 2.14 bits per heavy atom. The first-order valence-electron chi connectivity index (χ1n) is 7.82. The molecular formula is C17H27BrN2O. The number of nitrogens with one attached hydrogen (secondary N) is 1. The molecule has 0 bridgehead atoms. The average molecular weight is 355 g/mol. The third-order valence-electron chi connectivity index (χ3n) is 4.44. The second-order valence-corrected chi connectivity index (χ2v) is 7.12. The van der Waals surface area contributed by atoms with E-state index in [9.17, 15) is 0 Å². The maximum absolute atomic E-state index is 5.28. The molecule has 0 aromatic heterocycles. The van der Waals surface area contributed by atoms with Gasteiger partial charge in [0.1, 0.15) is 5.75 Å². The number of halogens is 1. The van der Waals surface area contributed by atoms with E-state index in [4.69, 9.17) is 4.74 Å². The van der Waals surface area contributed by atoms with Crippen LogP contribution in [0.25, 0.3) is 0 Å².